The lowest BCUT2D eigenvalue weighted by molar-refractivity contribution is -0.120. The van der Waals surface area contributed by atoms with Crippen LogP contribution in [-0.2, 0) is 4.79 Å². The van der Waals surface area contributed by atoms with E-state index in [-0.39, 0.29) is 11.2 Å². The number of nitrogens with zero attached hydrogens (tertiary/aromatic N) is 1. The van der Waals surface area contributed by atoms with Crippen molar-refractivity contribution < 1.29 is 4.79 Å². The van der Waals surface area contributed by atoms with Gasteiger partial charge >= 0.3 is 0 Å². The predicted octanol–water partition coefficient (Wildman–Crippen LogP) is 3.94. The molecule has 0 aromatic carbocycles. The molecule has 1 heterocycles. The van der Waals surface area contributed by atoms with E-state index in [9.17, 15) is 4.79 Å². The largest absolute Gasteiger partial charge is 0.355 e. The molecule has 1 aliphatic rings. The van der Waals surface area contributed by atoms with Gasteiger partial charge in [0.25, 0.3) is 0 Å². The first-order valence-electron chi connectivity index (χ1n) is 7.19. The van der Waals surface area contributed by atoms with Crippen LogP contribution in [0, 0.1) is 6.92 Å². The summed E-state index contributed by atoms with van der Waals surface area (Å²) in [6, 6.07) is 0. The van der Waals surface area contributed by atoms with E-state index in [4.69, 9.17) is 0 Å². The lowest BCUT2D eigenvalue weighted by atomic mass is 9.97. The Balaban J connectivity index is 1.69. The molecule has 110 valence electrons. The van der Waals surface area contributed by atoms with Gasteiger partial charge in [-0.3, -0.25) is 4.79 Å². The zero-order valence-electron chi connectivity index (χ0n) is 12.1. The highest BCUT2D eigenvalue weighted by molar-refractivity contribution is 8.02. The van der Waals surface area contributed by atoms with Gasteiger partial charge in [0, 0.05) is 17.6 Å². The number of aryl methyl sites for hydroxylation is 1. The normalized spacial score (nSPS) is 16.6. The molecule has 1 N–H and O–H groups in total. The minimum atomic E-state index is -0.0825. The second kappa shape index (κ2) is 7.84. The highest BCUT2D eigenvalue weighted by atomic mass is 32.2. The molecule has 0 radical (unpaired) electrons. The number of aromatic nitrogens is 1. The fraction of sp³-hybridized carbons (Fsp3) is 0.600. The molecule has 1 atom stereocenters. The number of thioether (sulfide) groups is 1. The van der Waals surface area contributed by atoms with Gasteiger partial charge in [-0.25, -0.2) is 4.98 Å². The quantitative estimate of drug-likeness (QED) is 0.639. The number of carbonyl (C=O) groups excluding carboxylic acids is 1. The van der Waals surface area contributed by atoms with Crippen LogP contribution < -0.4 is 5.32 Å². The number of rotatable bonds is 6. The van der Waals surface area contributed by atoms with Gasteiger partial charge < -0.3 is 5.32 Å². The lowest BCUT2D eigenvalue weighted by Crippen LogP contribution is -2.31. The van der Waals surface area contributed by atoms with E-state index in [2.05, 4.69) is 16.4 Å². The average molecular weight is 310 g/mol. The molecule has 3 nitrogen and oxygen atoms in total. The summed E-state index contributed by atoms with van der Waals surface area (Å²) >= 11 is 3.14. The summed E-state index contributed by atoms with van der Waals surface area (Å²) in [5, 5.41) is 4.97. The van der Waals surface area contributed by atoms with Crippen molar-refractivity contribution in [2.75, 3.05) is 6.54 Å². The Hall–Kier alpha value is -0.810. The summed E-state index contributed by atoms with van der Waals surface area (Å²) in [6.07, 6.45) is 8.37. The molecule has 0 saturated heterocycles. The van der Waals surface area contributed by atoms with E-state index >= 15 is 0 Å². The van der Waals surface area contributed by atoms with E-state index < -0.39 is 0 Å². The molecule has 5 heteroatoms. The Morgan fingerprint density at radius 1 is 1.55 bits per heavy atom. The number of carbonyl (C=O) groups is 1. The number of thiazole rings is 1. The van der Waals surface area contributed by atoms with Crippen LogP contribution in [0.1, 0.15) is 44.7 Å². The third-order valence-corrected chi connectivity index (χ3v) is 5.56. The van der Waals surface area contributed by atoms with Gasteiger partial charge in [0.2, 0.25) is 5.91 Å². The number of nitrogens with one attached hydrogen (secondary N) is 1. The van der Waals surface area contributed by atoms with Crippen molar-refractivity contribution in [1.29, 1.82) is 0 Å². The third kappa shape index (κ3) is 4.94. The first kappa shape index (κ1) is 15.6. The van der Waals surface area contributed by atoms with Gasteiger partial charge in [0.1, 0.15) is 0 Å². The molecule has 0 spiro atoms. The van der Waals surface area contributed by atoms with Gasteiger partial charge in [0.05, 0.1) is 5.25 Å². The maximum atomic E-state index is 12.0. The molecule has 0 saturated carbocycles. The third-order valence-electron chi connectivity index (χ3n) is 3.38. The zero-order valence-corrected chi connectivity index (χ0v) is 13.8. The van der Waals surface area contributed by atoms with Crippen molar-refractivity contribution in [3.8, 4) is 0 Å². The summed E-state index contributed by atoms with van der Waals surface area (Å²) in [4.78, 5) is 16.4. The molecule has 1 amide bonds. The first-order valence-corrected chi connectivity index (χ1v) is 8.95. The van der Waals surface area contributed by atoms with Crippen LogP contribution in [0.25, 0.3) is 0 Å². The standard InChI is InChI=1S/C15H22N2OS2/c1-11-10-19-15(17-11)20-12(2)14(18)16-9-8-13-6-4-3-5-7-13/h6,10,12H,3-5,7-9H2,1-2H3,(H,16,18). The first-order chi connectivity index (χ1) is 9.65. The zero-order chi connectivity index (χ0) is 14.4. The minimum Gasteiger partial charge on any atom is -0.355 e. The summed E-state index contributed by atoms with van der Waals surface area (Å²) in [5.74, 6) is 0.110. The second-order valence-corrected chi connectivity index (χ2v) is 7.61. The Labute approximate surface area is 129 Å². The molecular weight excluding hydrogens is 288 g/mol. The molecule has 0 aliphatic heterocycles. The maximum absolute atomic E-state index is 12.0. The number of amides is 1. The Morgan fingerprint density at radius 2 is 2.40 bits per heavy atom. The van der Waals surface area contributed by atoms with E-state index in [1.807, 2.05) is 19.2 Å². The Kier molecular flexibility index (Phi) is 6.10. The number of hydrogen-bond acceptors (Lipinski definition) is 4. The van der Waals surface area contributed by atoms with E-state index in [0.717, 1.165) is 23.0 Å². The summed E-state index contributed by atoms with van der Waals surface area (Å²) in [6.45, 7) is 4.67. The molecule has 1 aliphatic carbocycles. The van der Waals surface area contributed by atoms with E-state index in [0.29, 0.717) is 0 Å². The highest BCUT2D eigenvalue weighted by Gasteiger charge is 2.15. The highest BCUT2D eigenvalue weighted by Crippen LogP contribution is 2.26. The van der Waals surface area contributed by atoms with Crippen LogP contribution >= 0.6 is 23.1 Å². The van der Waals surface area contributed by atoms with Crippen LogP contribution in [0.5, 0.6) is 0 Å². The fourth-order valence-corrected chi connectivity index (χ4v) is 4.22. The number of allylic oxidation sites excluding steroid dienone is 1. The Bertz CT molecular complexity index is 482. The Morgan fingerprint density at radius 3 is 3.05 bits per heavy atom. The molecule has 2 rings (SSSR count). The number of hydrogen-bond donors (Lipinski definition) is 1. The molecule has 1 aromatic rings. The minimum absolute atomic E-state index is 0.0825. The lowest BCUT2D eigenvalue weighted by Gasteiger charge is -2.14. The predicted molar refractivity (Wildman–Crippen MR) is 86.3 cm³/mol. The van der Waals surface area contributed by atoms with E-state index in [1.165, 1.54) is 43.0 Å². The van der Waals surface area contributed by atoms with Gasteiger partial charge in [0.15, 0.2) is 4.34 Å². The molecular formula is C15H22N2OS2. The van der Waals surface area contributed by atoms with Crippen molar-refractivity contribution in [2.45, 2.75) is 55.5 Å². The summed E-state index contributed by atoms with van der Waals surface area (Å²) in [7, 11) is 0. The van der Waals surface area contributed by atoms with Gasteiger partial charge in [-0.15, -0.1) is 11.3 Å². The van der Waals surface area contributed by atoms with Crippen molar-refractivity contribution in [1.82, 2.24) is 10.3 Å². The fourth-order valence-electron chi connectivity index (χ4n) is 2.21. The summed E-state index contributed by atoms with van der Waals surface area (Å²) < 4.78 is 0.972. The van der Waals surface area contributed by atoms with Gasteiger partial charge in [-0.1, -0.05) is 23.4 Å². The molecule has 0 bridgehead atoms. The molecule has 20 heavy (non-hydrogen) atoms. The van der Waals surface area contributed by atoms with Crippen LogP contribution in [0.15, 0.2) is 21.4 Å². The van der Waals surface area contributed by atoms with Gasteiger partial charge in [-0.05, 0) is 46.0 Å². The van der Waals surface area contributed by atoms with Crippen molar-refractivity contribution in [2.24, 2.45) is 0 Å². The smallest absolute Gasteiger partial charge is 0.233 e. The topological polar surface area (TPSA) is 42.0 Å². The van der Waals surface area contributed by atoms with Crippen LogP contribution in [-0.4, -0.2) is 22.7 Å². The monoisotopic (exact) mass is 310 g/mol. The van der Waals surface area contributed by atoms with Crippen molar-refractivity contribution >= 4 is 29.0 Å². The average Bonchev–Trinajstić information content (AvgIpc) is 2.85. The van der Waals surface area contributed by atoms with Crippen molar-refractivity contribution in [3.63, 3.8) is 0 Å². The SMILES string of the molecule is Cc1csc(SC(C)C(=O)NCCC2=CCCCC2)n1. The maximum Gasteiger partial charge on any atom is 0.233 e. The van der Waals surface area contributed by atoms with Crippen molar-refractivity contribution in [3.05, 3.63) is 22.7 Å². The van der Waals surface area contributed by atoms with Crippen LogP contribution in [0.4, 0.5) is 0 Å². The molecule has 1 unspecified atom stereocenters. The van der Waals surface area contributed by atoms with Crippen LogP contribution in [0.3, 0.4) is 0 Å². The molecule has 1 aromatic heterocycles. The second-order valence-electron chi connectivity index (χ2n) is 5.16. The van der Waals surface area contributed by atoms with Gasteiger partial charge in [-0.2, -0.15) is 0 Å². The molecule has 0 fully saturated rings. The summed E-state index contributed by atoms with van der Waals surface area (Å²) in [5.41, 5.74) is 2.53. The van der Waals surface area contributed by atoms with Crippen LogP contribution in [0.2, 0.25) is 0 Å². The van der Waals surface area contributed by atoms with E-state index in [1.54, 1.807) is 11.3 Å².